The molecule has 0 amide bonds. The van der Waals surface area contributed by atoms with Crippen LogP contribution in [0.15, 0.2) is 102 Å². The third kappa shape index (κ3) is 7.56. The van der Waals surface area contributed by atoms with Gasteiger partial charge in [-0.15, -0.1) is 46.3 Å². The van der Waals surface area contributed by atoms with Gasteiger partial charge < -0.3 is 19.4 Å². The summed E-state index contributed by atoms with van der Waals surface area (Å²) < 4.78 is 2.35. The summed E-state index contributed by atoms with van der Waals surface area (Å²) in [4.78, 5) is 16.5. The average Bonchev–Trinajstić information content (AvgIpc) is 4.00. The zero-order valence-corrected chi connectivity index (χ0v) is 51.7. The van der Waals surface area contributed by atoms with Crippen LogP contribution in [-0.2, 0) is 37.4 Å². The average molecular weight is 1210 g/mol. The quantitative estimate of drug-likeness (QED) is 0.161. The maximum Gasteiger partial charge on any atom is 2.00 e. The number of rotatable bonds is 5. The molecular formula is C72H75N5Pt. The van der Waals surface area contributed by atoms with E-state index in [1.54, 1.807) is 0 Å². The number of pyridine rings is 1. The minimum atomic E-state index is -0.593. The van der Waals surface area contributed by atoms with Crippen LogP contribution in [0.3, 0.4) is 0 Å². The Bertz CT molecular complexity index is 4050. The van der Waals surface area contributed by atoms with Gasteiger partial charge in [0.1, 0.15) is 5.82 Å². The normalized spacial score (nSPS) is 17.2. The fourth-order valence-corrected chi connectivity index (χ4v) is 13.7. The third-order valence-electron chi connectivity index (χ3n) is 19.0. The van der Waals surface area contributed by atoms with E-state index in [9.17, 15) is 0 Å². The monoisotopic (exact) mass is 1200 g/mol. The molecular weight excluding hydrogens is 1130 g/mol. The zero-order valence-electron chi connectivity index (χ0n) is 49.4. The first-order valence-corrected chi connectivity index (χ1v) is 28.0. The number of benzene rings is 7. The summed E-state index contributed by atoms with van der Waals surface area (Å²) in [7, 11) is 0. The molecule has 4 heterocycles. The van der Waals surface area contributed by atoms with Crippen LogP contribution in [0.1, 0.15) is 167 Å². The number of nitrogens with zero attached hydrogens (tertiary/aromatic N) is 5. The van der Waals surface area contributed by atoms with E-state index < -0.39 is 5.54 Å². The van der Waals surface area contributed by atoms with Crippen LogP contribution in [0.25, 0.3) is 38.8 Å². The van der Waals surface area contributed by atoms with E-state index in [1.807, 2.05) is 6.20 Å². The molecule has 398 valence electrons. The van der Waals surface area contributed by atoms with Crippen LogP contribution < -0.4 is 9.80 Å². The summed E-state index contributed by atoms with van der Waals surface area (Å²) in [6.45, 7) is 44.0. The smallest absolute Gasteiger partial charge is 0.354 e. The van der Waals surface area contributed by atoms with Crippen molar-refractivity contribution in [3.8, 4) is 16.9 Å². The van der Waals surface area contributed by atoms with Crippen molar-refractivity contribution in [1.29, 1.82) is 0 Å². The van der Waals surface area contributed by atoms with Gasteiger partial charge in [-0.3, -0.25) is 0 Å². The zero-order chi connectivity index (χ0) is 54.8. The second-order valence-electron chi connectivity index (χ2n) is 25.4. The van der Waals surface area contributed by atoms with Gasteiger partial charge in [-0.2, -0.15) is 6.07 Å². The molecule has 2 atom stereocenters. The van der Waals surface area contributed by atoms with Crippen LogP contribution in [0.4, 0.5) is 22.7 Å². The van der Waals surface area contributed by atoms with Gasteiger partial charge in [0.05, 0.1) is 17.4 Å². The van der Waals surface area contributed by atoms with Crippen LogP contribution in [0, 0.1) is 88.3 Å². The Labute approximate surface area is 479 Å². The Morgan fingerprint density at radius 1 is 0.615 bits per heavy atom. The van der Waals surface area contributed by atoms with Crippen LogP contribution in [0.2, 0.25) is 0 Å². The molecule has 0 fully saturated rings. The van der Waals surface area contributed by atoms with Crippen molar-refractivity contribution >= 4 is 50.4 Å². The predicted octanol–water partition coefficient (Wildman–Crippen LogP) is 18.6. The van der Waals surface area contributed by atoms with Gasteiger partial charge in [-0.05, 0) is 224 Å². The first-order chi connectivity index (χ1) is 36.3. The third-order valence-corrected chi connectivity index (χ3v) is 19.0. The summed E-state index contributed by atoms with van der Waals surface area (Å²) >= 11 is 0. The van der Waals surface area contributed by atoms with Crippen LogP contribution >= 0.6 is 0 Å². The van der Waals surface area contributed by atoms with Gasteiger partial charge in [0, 0.05) is 23.1 Å². The van der Waals surface area contributed by atoms with E-state index in [-0.39, 0.29) is 43.9 Å². The summed E-state index contributed by atoms with van der Waals surface area (Å²) in [5, 5.41) is 2.38. The molecule has 12 rings (SSSR count). The fourth-order valence-electron chi connectivity index (χ4n) is 13.7. The van der Waals surface area contributed by atoms with Gasteiger partial charge in [-0.25, -0.2) is 4.98 Å². The van der Waals surface area contributed by atoms with Gasteiger partial charge in [0.25, 0.3) is 0 Å². The van der Waals surface area contributed by atoms with E-state index in [0.717, 1.165) is 45.3 Å². The molecule has 1 aliphatic carbocycles. The molecule has 9 aromatic rings. The van der Waals surface area contributed by atoms with Gasteiger partial charge >= 0.3 is 21.1 Å². The minimum absolute atomic E-state index is 0. The molecule has 0 unspecified atom stereocenters. The van der Waals surface area contributed by atoms with Crippen molar-refractivity contribution in [1.82, 2.24) is 9.55 Å². The Balaban J connectivity index is 0.00000645. The van der Waals surface area contributed by atoms with E-state index in [2.05, 4.69) is 249 Å². The first-order valence-electron chi connectivity index (χ1n) is 28.0. The number of aliphatic imine (C=N–C) groups is 1. The van der Waals surface area contributed by atoms with Gasteiger partial charge in [0.2, 0.25) is 0 Å². The number of aromatic nitrogens is 2. The fraction of sp³-hybridized carbons (Fsp3) is 0.333. The number of fused-ring (bicyclic) bond motifs is 11. The maximum absolute atomic E-state index is 6.20. The Kier molecular flexibility index (Phi) is 12.5. The summed E-state index contributed by atoms with van der Waals surface area (Å²) in [5.74, 6) is 2.05. The second-order valence-corrected chi connectivity index (χ2v) is 25.4. The van der Waals surface area contributed by atoms with Crippen LogP contribution in [-0.4, -0.2) is 15.4 Å². The molecule has 0 spiro atoms. The number of amidine groups is 1. The molecule has 5 nitrogen and oxygen atoms in total. The Hall–Kier alpha value is -6.55. The minimum Gasteiger partial charge on any atom is -0.354 e. The maximum atomic E-state index is 6.20. The molecule has 0 saturated carbocycles. The molecule has 3 aliphatic rings. The van der Waals surface area contributed by atoms with E-state index in [4.69, 9.17) is 9.98 Å². The van der Waals surface area contributed by atoms with E-state index in [0.29, 0.717) is 0 Å². The van der Waals surface area contributed by atoms with Crippen molar-refractivity contribution in [3.05, 3.63) is 209 Å². The molecule has 0 bridgehead atoms. The number of para-hydroxylation sites is 1. The number of hydrogen-bond donors (Lipinski definition) is 0. The molecule has 0 radical (unpaired) electrons. The molecule has 2 aromatic heterocycles. The van der Waals surface area contributed by atoms with Crippen LogP contribution in [0.5, 0.6) is 0 Å². The van der Waals surface area contributed by atoms with Gasteiger partial charge in [-0.1, -0.05) is 114 Å². The van der Waals surface area contributed by atoms with Crippen molar-refractivity contribution in [2.45, 2.75) is 160 Å². The summed E-state index contributed by atoms with van der Waals surface area (Å²) in [5.41, 5.74) is 31.2. The molecule has 7 aromatic carbocycles. The molecule has 78 heavy (non-hydrogen) atoms. The predicted molar refractivity (Wildman–Crippen MR) is 325 cm³/mol. The van der Waals surface area contributed by atoms with Crippen molar-refractivity contribution in [2.75, 3.05) is 9.80 Å². The first kappa shape index (κ1) is 53.5. The SMILES string of the molecule is Cc1ccc2c(c1)c1cc3c([c-]c1n2-c1cc(C(C)(C)C)ccn1)N(c1[c-]c(C2=N[C@@H]4c5cc(C)c(C)c(C)c5-c5c(cc(C)c(C)c5C)[C@]4(C)N2c2c(C)c(C)cc(C)c2C)cc(C(C)C)c1)c1ccccc1C3(C)C.[Pt+2]. The Morgan fingerprint density at radius 2 is 1.27 bits per heavy atom. The summed E-state index contributed by atoms with van der Waals surface area (Å²) in [6, 6.07) is 43.1. The van der Waals surface area contributed by atoms with Crippen molar-refractivity contribution in [2.24, 2.45) is 4.99 Å². The number of anilines is 4. The standard InChI is InChI=1S/C72H75N5.Pt/c1-38(2)50-32-51(69-74-68-56-30-42(6)44(8)48(12)65(56)66-49(13)45(9)43(7)31-59(66)72(68,19)77(69)67-46(10)40(4)29-41(5)47(67)11)34-53(33-50)75-61-23-21-20-22-57(61)71(17,18)58-36-55-54-28-39(3)24-25-60(54)76(62(55)37-63(58)75)64-35-52(26-27-73-64)70(14,15)16;/h20-33,35-36,38,68H,1-19H3;/q-2;+2/t68-,72+;/m1./s1. The molecule has 0 saturated heterocycles. The molecule has 0 N–H and O–H groups in total. The van der Waals surface area contributed by atoms with Crippen molar-refractivity contribution in [3.63, 3.8) is 0 Å². The summed E-state index contributed by atoms with van der Waals surface area (Å²) in [6.07, 6.45) is 1.97. The van der Waals surface area contributed by atoms with Gasteiger partial charge in [0.15, 0.2) is 0 Å². The topological polar surface area (TPSA) is 36.7 Å². The van der Waals surface area contributed by atoms with E-state index in [1.165, 1.54) is 122 Å². The Morgan fingerprint density at radius 3 is 1.95 bits per heavy atom. The van der Waals surface area contributed by atoms with E-state index >= 15 is 0 Å². The second kappa shape index (κ2) is 18.2. The van der Waals surface area contributed by atoms with Crippen molar-refractivity contribution < 1.29 is 21.1 Å². The molecule has 6 heteroatoms. The molecule has 2 aliphatic heterocycles. The largest absolute Gasteiger partial charge is 2.00 e. The number of aryl methyl sites for hydroxylation is 5. The number of hydrogen-bond acceptors (Lipinski definition) is 4.